The molecule has 3 aromatic carbocycles. The highest BCUT2D eigenvalue weighted by atomic mass is 32.1. The summed E-state index contributed by atoms with van der Waals surface area (Å²) in [6.07, 6.45) is 2.34. The molecule has 0 bridgehead atoms. The fraction of sp³-hybridized carbons (Fsp3) is 0.390. The maximum atomic E-state index is 14.8. The lowest BCUT2D eigenvalue weighted by Gasteiger charge is -2.28. The van der Waals surface area contributed by atoms with E-state index in [9.17, 15) is 63.0 Å². The number of nitrogens with one attached hydrogen (secondary N) is 11. The van der Waals surface area contributed by atoms with Crippen molar-refractivity contribution in [2.24, 2.45) is 38.7 Å². The van der Waals surface area contributed by atoms with Gasteiger partial charge in [-0.2, -0.15) is 25.3 Å². The number of imidazole rings is 1. The number of hydrogen-bond donors (Lipinski definition) is 20. The minimum Gasteiger partial charge on any atom is -0.508 e. The van der Waals surface area contributed by atoms with E-state index in [4.69, 9.17) is 28.7 Å². The number of nitrogens with two attached hydrogens (primary N) is 5. The normalized spacial score (nSPS) is 13.8. The molecule has 0 spiro atoms. The number of H-pyrrole nitrogens is 2. The lowest BCUT2D eigenvalue weighted by molar-refractivity contribution is -0.141. The predicted molar refractivity (Wildman–Crippen MR) is 348 cm³/mol. The zero-order valence-corrected chi connectivity index (χ0v) is 52.4. The Labute approximate surface area is 544 Å². The fourth-order valence-electron chi connectivity index (χ4n) is 9.44. The summed E-state index contributed by atoms with van der Waals surface area (Å²) >= 11 is 8.39. The van der Waals surface area contributed by atoms with Crippen LogP contribution in [0.2, 0.25) is 0 Å². The van der Waals surface area contributed by atoms with Crippen molar-refractivity contribution >= 4 is 113 Å². The summed E-state index contributed by atoms with van der Waals surface area (Å²) in [5, 5.41) is 43.5. The molecule has 93 heavy (non-hydrogen) atoms. The third-order valence-corrected chi connectivity index (χ3v) is 14.9. The van der Waals surface area contributed by atoms with Crippen LogP contribution in [0, 0.1) is 0 Å². The first-order valence-corrected chi connectivity index (χ1v) is 30.5. The Hall–Kier alpha value is -10.4. The largest absolute Gasteiger partial charge is 0.508 e. The summed E-state index contributed by atoms with van der Waals surface area (Å²) in [6.45, 7) is 1.18. The number of fused-ring (bicyclic) bond motifs is 1. The van der Waals surface area contributed by atoms with E-state index >= 15 is 0 Å². The van der Waals surface area contributed by atoms with Gasteiger partial charge < -0.3 is 96.7 Å². The lowest BCUT2D eigenvalue weighted by atomic mass is 10.0. The quantitative estimate of drug-likeness (QED) is 0.00779. The van der Waals surface area contributed by atoms with Crippen LogP contribution in [-0.4, -0.2) is 181 Å². The fourth-order valence-corrected chi connectivity index (χ4v) is 9.97. The monoisotopic (exact) mass is 1330 g/mol. The molecular weight excluding hydrogens is 1250 g/mol. The Morgan fingerprint density at radius 1 is 0.505 bits per heavy atom. The smallest absolute Gasteiger partial charge is 0.305 e. The molecule has 0 saturated carbocycles. The molecule has 23 N–H and O–H groups in total. The third kappa shape index (κ3) is 24.7. The summed E-state index contributed by atoms with van der Waals surface area (Å²) < 4.78 is 0. The van der Waals surface area contributed by atoms with Crippen LogP contribution in [0.5, 0.6) is 5.75 Å². The van der Waals surface area contributed by atoms with Crippen LogP contribution in [0.4, 0.5) is 0 Å². The van der Waals surface area contributed by atoms with Gasteiger partial charge in [0.1, 0.15) is 60.1 Å². The van der Waals surface area contributed by atoms with Gasteiger partial charge >= 0.3 is 5.97 Å². The highest BCUT2D eigenvalue weighted by molar-refractivity contribution is 7.80. The number of carboxylic acid groups (broad SMARTS) is 1. The molecule has 2 aromatic heterocycles. The van der Waals surface area contributed by atoms with Crippen LogP contribution < -0.4 is 76.5 Å². The van der Waals surface area contributed by atoms with Gasteiger partial charge in [0.25, 0.3) is 0 Å². The van der Waals surface area contributed by atoms with Crippen LogP contribution in [0.1, 0.15) is 61.4 Å². The van der Waals surface area contributed by atoms with E-state index in [1.54, 1.807) is 60.8 Å². The molecule has 0 unspecified atom stereocenters. The Kier molecular flexibility index (Phi) is 29.2. The van der Waals surface area contributed by atoms with Gasteiger partial charge in [0.15, 0.2) is 11.9 Å². The molecule has 0 aliphatic rings. The van der Waals surface area contributed by atoms with Crippen LogP contribution in [0.15, 0.2) is 108 Å². The summed E-state index contributed by atoms with van der Waals surface area (Å²) in [5.41, 5.74) is 30.3. The van der Waals surface area contributed by atoms with Crippen molar-refractivity contribution in [2.45, 2.75) is 119 Å². The van der Waals surface area contributed by atoms with E-state index in [-0.39, 0.29) is 93.6 Å². The molecule has 0 fully saturated rings. The van der Waals surface area contributed by atoms with Crippen molar-refractivity contribution in [3.05, 3.63) is 120 Å². The van der Waals surface area contributed by atoms with E-state index in [0.29, 0.717) is 16.7 Å². The van der Waals surface area contributed by atoms with Crippen LogP contribution in [0.25, 0.3) is 10.9 Å². The topological polar surface area (TPSA) is 536 Å². The summed E-state index contributed by atoms with van der Waals surface area (Å²) in [6, 6.07) is 7.85. The molecule has 9 atom stereocenters. The number of rotatable bonds is 38. The number of thiol groups is 2. The van der Waals surface area contributed by atoms with Gasteiger partial charge in [-0.15, -0.1) is 0 Å². The molecule has 34 heteroatoms. The number of carboxylic acids is 1. The number of nitrogens with zero attached hydrogens (tertiary/aromatic N) is 3. The molecule has 5 aromatic rings. The number of aromatic nitrogens is 3. The Bertz CT molecular complexity index is 3440. The SMILES string of the molecule is CC(=O)N[C@@H](Cc1ccc(O)cc1)C(=O)N[C@@H](CCCN=C(N)N)C(=O)N[C@@H](CS)C(=O)N[C@@H](CC(=O)O)C(=O)N[C@@H](Cc1cnc[nH]1)C(=O)N[C@H](Cc1ccccc1)C(=O)N[C@@H](CCCN=C(N)N)C(=O)N[C@@H](Cc1c[nH]c2ccccc12)C(=O)N[C@@H](CS)C(N)=O. The van der Waals surface area contributed by atoms with Gasteiger partial charge in [-0.3, -0.25) is 62.7 Å². The number of primary amides is 1. The van der Waals surface area contributed by atoms with Gasteiger partial charge in [-0.25, -0.2) is 4.98 Å². The first-order valence-electron chi connectivity index (χ1n) is 29.2. The molecule has 2 heterocycles. The maximum absolute atomic E-state index is 14.8. The molecule has 500 valence electrons. The second kappa shape index (κ2) is 37.1. The van der Waals surface area contributed by atoms with E-state index in [0.717, 1.165) is 10.9 Å². The molecule has 0 saturated heterocycles. The third-order valence-electron chi connectivity index (χ3n) is 14.2. The second-order valence-corrected chi connectivity index (χ2v) is 22.1. The number of aliphatic imine (C=N–C) groups is 2. The van der Waals surface area contributed by atoms with Crippen LogP contribution in [-0.2, 0) is 78.4 Å². The summed E-state index contributed by atoms with van der Waals surface area (Å²) in [4.78, 5) is 169. The number of aromatic amines is 2. The van der Waals surface area contributed by atoms with Gasteiger partial charge in [0.05, 0.1) is 12.7 Å². The molecule has 0 aliphatic heterocycles. The first kappa shape index (κ1) is 73.4. The van der Waals surface area contributed by atoms with Gasteiger partial charge in [-0.1, -0.05) is 60.7 Å². The number of aliphatic carboxylic acids is 1. The van der Waals surface area contributed by atoms with E-state index in [1.165, 1.54) is 43.7 Å². The number of phenolic OH excluding ortho intramolecular Hbond substituents is 1. The molecular formula is C59H79N19O13S2. The zero-order chi connectivity index (χ0) is 68.1. The van der Waals surface area contributed by atoms with Crippen molar-refractivity contribution in [1.29, 1.82) is 0 Å². The lowest BCUT2D eigenvalue weighted by Crippen LogP contribution is -2.61. The number of para-hydroxylation sites is 1. The minimum atomic E-state index is -1.96. The van der Waals surface area contributed by atoms with Gasteiger partial charge in [-0.05, 0) is 60.6 Å². The van der Waals surface area contributed by atoms with Crippen molar-refractivity contribution in [3.63, 3.8) is 0 Å². The standard InChI is InChI=1S/C59H79N19O13S2/c1-31(79)70-41(22-33-15-17-36(80)18-16-33)52(86)71-40(14-8-20-67-59(63)64)51(85)78-47(29-93)57(91)76-45(25-48(81)82)56(90)75-44(24-35-27-65-30-69-35)55(89)73-42(21-32-9-3-2-4-10-32)53(87)72-39(13-7-19-66-58(61)62)50(84)74-43(54(88)77-46(28-92)49(60)83)23-34-26-68-38-12-6-5-11-37(34)38/h2-6,9-12,15-18,26-27,30,39-47,68,80,92-93H,7-8,13-14,19-25,28-29H2,1H3,(H2,60,83)(H,65,69)(H,70,79)(H,71,86)(H,72,87)(H,73,89)(H,74,84)(H,75,90)(H,76,91)(H,77,88)(H,78,85)(H,81,82)(H4,61,62,66)(H4,63,64,67)/t39-,40-,41-,42+,43-,44-,45-,46-,47-/m0/s1. The number of guanidine groups is 2. The molecule has 5 rings (SSSR count). The number of benzene rings is 3. The molecule has 32 nitrogen and oxygen atoms in total. The van der Waals surface area contributed by atoms with Gasteiger partial charge in [0.2, 0.25) is 59.1 Å². The van der Waals surface area contributed by atoms with E-state index in [2.05, 4.69) is 98.0 Å². The highest BCUT2D eigenvalue weighted by Gasteiger charge is 2.36. The number of amides is 10. The van der Waals surface area contributed by atoms with E-state index < -0.39 is 132 Å². The molecule has 10 amide bonds. The Morgan fingerprint density at radius 2 is 0.935 bits per heavy atom. The average molecular weight is 1330 g/mol. The average Bonchev–Trinajstić information content (AvgIpc) is 1.77. The van der Waals surface area contributed by atoms with Crippen LogP contribution in [0.3, 0.4) is 0 Å². The second-order valence-electron chi connectivity index (χ2n) is 21.4. The molecule has 0 aliphatic carbocycles. The predicted octanol–water partition coefficient (Wildman–Crippen LogP) is -3.82. The number of hydrogen-bond acceptors (Lipinski definition) is 17. The number of carbonyl (C=O) groups excluding carboxylic acids is 10. The number of carbonyl (C=O) groups is 11. The number of aromatic hydroxyl groups is 1. The Morgan fingerprint density at radius 3 is 1.43 bits per heavy atom. The van der Waals surface area contributed by atoms with Crippen molar-refractivity contribution in [2.75, 3.05) is 24.6 Å². The van der Waals surface area contributed by atoms with Crippen LogP contribution >= 0.6 is 25.3 Å². The van der Waals surface area contributed by atoms with Crippen molar-refractivity contribution in [3.8, 4) is 5.75 Å². The van der Waals surface area contributed by atoms with Gasteiger partial charge in [0, 0.05) is 86.2 Å². The summed E-state index contributed by atoms with van der Waals surface area (Å²) in [7, 11) is 0. The Balaban J connectivity index is 1.40. The van der Waals surface area contributed by atoms with Crippen molar-refractivity contribution in [1.82, 2.24) is 62.8 Å². The summed E-state index contributed by atoms with van der Waals surface area (Å²) in [5.74, 6) is -12.0. The first-order chi connectivity index (χ1) is 44.3. The highest BCUT2D eigenvalue weighted by Crippen LogP contribution is 2.20. The molecule has 0 radical (unpaired) electrons. The van der Waals surface area contributed by atoms with Crippen molar-refractivity contribution < 1.29 is 63.0 Å². The zero-order valence-electron chi connectivity index (χ0n) is 50.6. The maximum Gasteiger partial charge on any atom is 0.305 e. The minimum absolute atomic E-state index is 0.00662. The van der Waals surface area contributed by atoms with E-state index in [1.807, 2.05) is 0 Å². The number of phenols is 1.